The molecule has 2 unspecified atom stereocenters. The fourth-order valence-electron chi connectivity index (χ4n) is 5.09. The number of nitrogens with two attached hydrogens (primary N) is 2. The number of esters is 1. The molecular weight excluding hydrogens is 713 g/mol. The van der Waals surface area contributed by atoms with Gasteiger partial charge < -0.3 is 61.1 Å². The molecule has 0 fully saturated rings. The van der Waals surface area contributed by atoms with E-state index in [0.717, 1.165) is 12.1 Å². The molecule has 0 aliphatic heterocycles. The summed E-state index contributed by atoms with van der Waals surface area (Å²) in [4.78, 5) is 64.5. The van der Waals surface area contributed by atoms with Gasteiger partial charge in [0.25, 0.3) is 0 Å². The van der Waals surface area contributed by atoms with Crippen LogP contribution >= 0.6 is 0 Å². The molecule has 1 rings (SSSR count). The summed E-state index contributed by atoms with van der Waals surface area (Å²) < 4.78 is 27.4. The van der Waals surface area contributed by atoms with Crippen LogP contribution < -0.4 is 32.6 Å². The molecule has 1 aromatic rings. The molecule has 2 atom stereocenters. The van der Waals surface area contributed by atoms with Gasteiger partial charge in [0, 0.05) is 25.2 Å². The monoisotopic (exact) mass is 779 g/mol. The van der Waals surface area contributed by atoms with E-state index in [1.807, 2.05) is 6.82 Å². The molecule has 0 aromatic heterocycles. The fourth-order valence-corrected chi connectivity index (χ4v) is 5.09. The Morgan fingerprint density at radius 1 is 0.782 bits per heavy atom. The largest absolute Gasteiger partial charge is 0.461 e. The Balaban J connectivity index is 2.47. The summed E-state index contributed by atoms with van der Waals surface area (Å²) in [7, 11) is 0. The standard InChI is InChI=1S/C37H66BN7O10/c1-26(2)33(44-32(46)14-17-51-19-21-53-23-24-54-22-20-52-18-16-45(28(5)6)38(7)40)35(48)43-31(9-8-15-41-37(39)50)34(47)42-30-12-10-29(11-13-30)25-55-36(49)27(3)4/h10-13,26-28,31,33H,8-9,14-25,40H2,1-7H3,(H,42,47)(H,43,48)(H,44,46)(H3,39,41,50). The van der Waals surface area contributed by atoms with Gasteiger partial charge in [0.05, 0.1) is 58.8 Å². The lowest BCUT2D eigenvalue weighted by Gasteiger charge is -2.28. The van der Waals surface area contributed by atoms with Gasteiger partial charge in [-0.2, -0.15) is 0 Å². The highest BCUT2D eigenvalue weighted by atomic mass is 16.6. The Morgan fingerprint density at radius 3 is 1.85 bits per heavy atom. The predicted octanol–water partition coefficient (Wildman–Crippen LogP) is 1.64. The summed E-state index contributed by atoms with van der Waals surface area (Å²) in [5, 5.41) is 10.8. The third-order valence-electron chi connectivity index (χ3n) is 8.21. The molecule has 55 heavy (non-hydrogen) atoms. The lowest BCUT2D eigenvalue weighted by atomic mass is 9.78. The van der Waals surface area contributed by atoms with Crippen molar-refractivity contribution in [1.29, 1.82) is 0 Å². The molecule has 0 bridgehead atoms. The second-order valence-electron chi connectivity index (χ2n) is 14.0. The third kappa shape index (κ3) is 23.0. The van der Waals surface area contributed by atoms with Gasteiger partial charge in [-0.05, 0) is 42.5 Å². The van der Waals surface area contributed by atoms with Gasteiger partial charge in [-0.15, -0.1) is 0 Å². The fraction of sp³-hybridized carbons (Fsp3) is 0.703. The maximum Gasteiger partial charge on any atom is 0.312 e. The normalized spacial score (nSPS) is 12.4. The van der Waals surface area contributed by atoms with Crippen LogP contribution in [0.3, 0.4) is 0 Å². The predicted molar refractivity (Wildman–Crippen MR) is 211 cm³/mol. The number of benzene rings is 1. The molecule has 0 heterocycles. The number of anilines is 1. The number of rotatable bonds is 30. The van der Waals surface area contributed by atoms with Crippen LogP contribution in [-0.2, 0) is 49.5 Å². The number of ether oxygens (including phenoxy) is 5. The van der Waals surface area contributed by atoms with Crippen molar-refractivity contribution < 1.29 is 47.7 Å². The minimum absolute atomic E-state index is 0.0219. The van der Waals surface area contributed by atoms with Crippen LogP contribution in [0.15, 0.2) is 24.3 Å². The second-order valence-corrected chi connectivity index (χ2v) is 14.0. The molecule has 0 spiro atoms. The zero-order chi connectivity index (χ0) is 41.2. The Hall–Kier alpha value is -3.81. The first-order valence-electron chi connectivity index (χ1n) is 19.1. The number of carbonyl (C=O) groups excluding carboxylic acids is 5. The Labute approximate surface area is 327 Å². The molecular formula is C37H66BN7O10. The quantitative estimate of drug-likeness (QED) is 0.0372. The highest BCUT2D eigenvalue weighted by molar-refractivity contribution is 6.50. The minimum Gasteiger partial charge on any atom is -0.461 e. The van der Waals surface area contributed by atoms with Gasteiger partial charge >= 0.3 is 19.0 Å². The smallest absolute Gasteiger partial charge is 0.312 e. The average molecular weight is 780 g/mol. The van der Waals surface area contributed by atoms with Crippen molar-refractivity contribution in [3.63, 3.8) is 0 Å². The van der Waals surface area contributed by atoms with Crippen molar-refractivity contribution >= 4 is 42.4 Å². The van der Waals surface area contributed by atoms with Crippen molar-refractivity contribution in [2.75, 3.05) is 71.3 Å². The van der Waals surface area contributed by atoms with E-state index in [1.54, 1.807) is 52.0 Å². The summed E-state index contributed by atoms with van der Waals surface area (Å²) >= 11 is 0. The van der Waals surface area contributed by atoms with E-state index in [4.69, 9.17) is 35.1 Å². The highest BCUT2D eigenvalue weighted by Gasteiger charge is 2.29. The summed E-state index contributed by atoms with van der Waals surface area (Å²) in [6.07, 6.45) is 0.549. The van der Waals surface area contributed by atoms with Crippen molar-refractivity contribution in [2.45, 2.75) is 92.4 Å². The number of carbonyl (C=O) groups is 5. The van der Waals surface area contributed by atoms with Crippen molar-refractivity contribution in [3.8, 4) is 0 Å². The van der Waals surface area contributed by atoms with E-state index in [1.165, 1.54) is 0 Å². The second kappa shape index (κ2) is 28.6. The number of urea groups is 1. The Morgan fingerprint density at radius 2 is 1.35 bits per heavy atom. The first-order valence-corrected chi connectivity index (χ1v) is 19.1. The van der Waals surface area contributed by atoms with Crippen LogP contribution in [0.1, 0.15) is 66.4 Å². The van der Waals surface area contributed by atoms with Gasteiger partial charge in [0.15, 0.2) is 0 Å². The van der Waals surface area contributed by atoms with E-state index in [9.17, 15) is 24.0 Å². The van der Waals surface area contributed by atoms with Crippen molar-refractivity contribution in [2.24, 2.45) is 23.2 Å². The van der Waals surface area contributed by atoms with Crippen LogP contribution in [0.25, 0.3) is 0 Å². The molecule has 0 aliphatic rings. The average Bonchev–Trinajstić information content (AvgIpc) is 3.12. The van der Waals surface area contributed by atoms with Crippen molar-refractivity contribution in [3.05, 3.63) is 29.8 Å². The van der Waals surface area contributed by atoms with Crippen molar-refractivity contribution in [1.82, 2.24) is 20.8 Å². The van der Waals surface area contributed by atoms with Crippen LogP contribution in [0.2, 0.25) is 6.82 Å². The van der Waals surface area contributed by atoms with Crippen LogP contribution in [-0.4, -0.2) is 126 Å². The number of nitrogens with zero attached hydrogens (tertiary/aromatic N) is 1. The van der Waals surface area contributed by atoms with E-state index in [2.05, 4.69) is 39.9 Å². The first-order chi connectivity index (χ1) is 26.1. The summed E-state index contributed by atoms with van der Waals surface area (Å²) in [6.45, 7) is 17.3. The lowest BCUT2D eigenvalue weighted by Crippen LogP contribution is -2.54. The van der Waals surface area contributed by atoms with Gasteiger partial charge in [-0.3, -0.25) is 19.2 Å². The summed E-state index contributed by atoms with van der Waals surface area (Å²) in [6, 6.07) is 4.51. The first kappa shape index (κ1) is 49.2. The van der Waals surface area contributed by atoms with Crippen LogP contribution in [0.4, 0.5) is 10.5 Å². The molecule has 1 aromatic carbocycles. The van der Waals surface area contributed by atoms with Gasteiger partial charge in [-0.25, -0.2) is 4.79 Å². The summed E-state index contributed by atoms with van der Waals surface area (Å²) in [5.41, 5.74) is 12.3. The Kier molecular flexibility index (Phi) is 25.6. The maximum atomic E-state index is 13.4. The SMILES string of the molecule is CB(N)N(CCOCCOCCOCCOCCC(=O)NC(C(=O)NC(CCCNC(N)=O)C(=O)Nc1ccc(COC(=O)C(C)C)cc1)C(C)C)C(C)C. The van der Waals surface area contributed by atoms with Gasteiger partial charge in [0.1, 0.15) is 18.7 Å². The van der Waals surface area contributed by atoms with E-state index >= 15 is 0 Å². The van der Waals surface area contributed by atoms with E-state index < -0.39 is 29.9 Å². The number of nitrogens with one attached hydrogen (secondary N) is 4. The molecule has 0 radical (unpaired) electrons. The van der Waals surface area contributed by atoms with Gasteiger partial charge in [-0.1, -0.05) is 60.5 Å². The number of hydrogen-bond donors (Lipinski definition) is 6. The topological polar surface area (TPSA) is 235 Å². The zero-order valence-electron chi connectivity index (χ0n) is 33.9. The molecule has 8 N–H and O–H groups in total. The van der Waals surface area contributed by atoms with Crippen LogP contribution in [0, 0.1) is 11.8 Å². The number of primary amides is 1. The van der Waals surface area contributed by atoms with Gasteiger partial charge in [0.2, 0.25) is 17.7 Å². The van der Waals surface area contributed by atoms with E-state index in [-0.39, 0.29) is 69.9 Å². The molecule has 0 saturated carbocycles. The molecule has 0 aliphatic carbocycles. The zero-order valence-corrected chi connectivity index (χ0v) is 33.9. The molecule has 0 saturated heterocycles. The highest BCUT2D eigenvalue weighted by Crippen LogP contribution is 2.13. The number of hydrogen-bond acceptors (Lipinski definition) is 12. The molecule has 5 amide bonds. The van der Waals surface area contributed by atoms with E-state index in [0.29, 0.717) is 57.8 Å². The maximum absolute atomic E-state index is 13.4. The minimum atomic E-state index is -0.986. The number of amides is 5. The molecule has 312 valence electrons. The molecule has 17 nitrogen and oxygen atoms in total. The third-order valence-corrected chi connectivity index (χ3v) is 8.21. The summed E-state index contributed by atoms with van der Waals surface area (Å²) in [5.74, 6) is -2.25. The lowest BCUT2D eigenvalue weighted by molar-refractivity contribution is -0.148. The molecule has 18 heteroatoms. The van der Waals surface area contributed by atoms with Crippen LogP contribution in [0.5, 0.6) is 0 Å². The Bertz CT molecular complexity index is 1260.